The van der Waals surface area contributed by atoms with Crippen LogP contribution in [0.25, 0.3) is 0 Å². The third-order valence-electron chi connectivity index (χ3n) is 4.59. The fraction of sp³-hybridized carbons (Fsp3) is 0.211. The first-order valence-electron chi connectivity index (χ1n) is 9.12. The smallest absolute Gasteiger partial charge is 0.284 e. The van der Waals surface area contributed by atoms with Gasteiger partial charge in [0, 0.05) is 28.7 Å². The van der Waals surface area contributed by atoms with Crippen LogP contribution in [0.1, 0.15) is 20.8 Å². The lowest BCUT2D eigenvalue weighted by Gasteiger charge is -2.19. The Bertz CT molecular complexity index is 1240. The second kappa shape index (κ2) is 8.41. The molecular weight excluding hydrogens is 480 g/mol. The van der Waals surface area contributed by atoms with E-state index in [0.29, 0.717) is 9.93 Å². The summed E-state index contributed by atoms with van der Waals surface area (Å²) in [4.78, 5) is 22.1. The number of hydrogen-bond donors (Lipinski definition) is 0. The van der Waals surface area contributed by atoms with Crippen LogP contribution in [0.3, 0.4) is 0 Å². The molecule has 162 valence electrons. The summed E-state index contributed by atoms with van der Waals surface area (Å²) in [6.07, 6.45) is 1.69. The molecule has 1 saturated heterocycles. The molecule has 1 aromatic carbocycles. The largest absolute Gasteiger partial charge is 0.286 e. The molecule has 2 aliphatic heterocycles. The number of allylic oxidation sites excluding steroid dienone is 2. The van der Waals surface area contributed by atoms with Gasteiger partial charge >= 0.3 is 0 Å². The van der Waals surface area contributed by atoms with Crippen molar-refractivity contribution < 1.29 is 17.6 Å². The Hall–Kier alpha value is -2.15. The number of carbonyl (C=O) groups is 1. The molecule has 0 atom stereocenters. The van der Waals surface area contributed by atoms with E-state index >= 15 is 0 Å². The van der Waals surface area contributed by atoms with E-state index in [1.165, 1.54) is 28.0 Å². The molecule has 7 nitrogen and oxygen atoms in total. The van der Waals surface area contributed by atoms with E-state index in [4.69, 9.17) is 0 Å². The fourth-order valence-corrected chi connectivity index (χ4v) is 7.17. The van der Waals surface area contributed by atoms with Crippen molar-refractivity contribution in [3.8, 4) is 0 Å². The van der Waals surface area contributed by atoms with Crippen molar-refractivity contribution in [3.63, 3.8) is 0 Å². The van der Waals surface area contributed by atoms with Gasteiger partial charge in [0.25, 0.3) is 15.9 Å². The minimum Gasteiger partial charge on any atom is -0.286 e. The van der Waals surface area contributed by atoms with Crippen molar-refractivity contribution in [3.05, 3.63) is 62.2 Å². The van der Waals surface area contributed by atoms with Gasteiger partial charge in [-0.15, -0.1) is 15.7 Å². The summed E-state index contributed by atoms with van der Waals surface area (Å²) in [6, 6.07) is 4.42. The van der Waals surface area contributed by atoms with Crippen molar-refractivity contribution >= 4 is 61.1 Å². The molecule has 4 rings (SSSR count). The molecule has 0 spiro atoms. The number of amides is 1. The molecular formula is C19H17FN4O3S4. The lowest BCUT2D eigenvalue weighted by atomic mass is 10.4. The molecule has 0 radical (unpaired) electrons. The average molecular weight is 497 g/mol. The predicted octanol–water partition coefficient (Wildman–Crippen LogP) is 4.60. The monoisotopic (exact) mass is 496 g/mol. The van der Waals surface area contributed by atoms with E-state index in [9.17, 15) is 17.6 Å². The maximum absolute atomic E-state index is 13.2. The van der Waals surface area contributed by atoms with E-state index in [2.05, 4.69) is 9.38 Å². The Balaban J connectivity index is 1.77. The van der Waals surface area contributed by atoms with Gasteiger partial charge < -0.3 is 0 Å². The lowest BCUT2D eigenvalue weighted by molar-refractivity contribution is -0.122. The molecule has 0 aliphatic carbocycles. The minimum absolute atomic E-state index is 0.0706. The third kappa shape index (κ3) is 4.04. The fourth-order valence-electron chi connectivity index (χ4n) is 2.92. The highest BCUT2D eigenvalue weighted by molar-refractivity contribution is 8.20. The maximum Gasteiger partial charge on any atom is 0.284 e. The summed E-state index contributed by atoms with van der Waals surface area (Å²) in [7, 11) is -4.11. The van der Waals surface area contributed by atoms with Gasteiger partial charge in [-0.25, -0.2) is 9.37 Å². The third-order valence-corrected chi connectivity index (χ3v) is 9.12. The van der Waals surface area contributed by atoms with Crippen LogP contribution < -0.4 is 4.90 Å². The van der Waals surface area contributed by atoms with Crippen LogP contribution in [0, 0.1) is 5.82 Å². The van der Waals surface area contributed by atoms with Crippen LogP contribution in [0.4, 0.5) is 9.52 Å². The second-order valence-corrected chi connectivity index (χ2v) is 11.1. The Morgan fingerprint density at radius 1 is 1.16 bits per heavy atom. The number of halogens is 1. The molecule has 1 fully saturated rings. The number of carbonyl (C=O) groups excluding carboxylic acids is 1. The number of hydrogen-bond acceptors (Lipinski definition) is 8. The number of aromatic nitrogens is 1. The first-order valence-corrected chi connectivity index (χ1v) is 13.1. The second-order valence-electron chi connectivity index (χ2n) is 6.48. The topological polar surface area (TPSA) is 82.9 Å². The minimum atomic E-state index is -4.11. The molecule has 1 aromatic heterocycles. The molecule has 2 aliphatic rings. The van der Waals surface area contributed by atoms with Gasteiger partial charge in [-0.3, -0.25) is 14.6 Å². The Morgan fingerprint density at radius 2 is 1.87 bits per heavy atom. The summed E-state index contributed by atoms with van der Waals surface area (Å²) in [5.74, 6) is -0.856. The van der Waals surface area contributed by atoms with Crippen LogP contribution in [0.15, 0.2) is 65.7 Å². The first-order chi connectivity index (χ1) is 14.7. The maximum atomic E-state index is 13.2. The van der Waals surface area contributed by atoms with Gasteiger partial charge in [-0.05, 0) is 56.8 Å². The van der Waals surface area contributed by atoms with E-state index < -0.39 is 15.8 Å². The van der Waals surface area contributed by atoms with Crippen LogP contribution in [0.2, 0.25) is 0 Å². The van der Waals surface area contributed by atoms with Gasteiger partial charge in [0.1, 0.15) is 15.8 Å². The number of thiazole rings is 1. The number of rotatable bonds is 4. The van der Waals surface area contributed by atoms with E-state index in [-0.39, 0.29) is 22.5 Å². The number of sulfonamides is 1. The van der Waals surface area contributed by atoms with Crippen LogP contribution in [0.5, 0.6) is 0 Å². The van der Waals surface area contributed by atoms with Gasteiger partial charge in [0.15, 0.2) is 10.3 Å². The summed E-state index contributed by atoms with van der Waals surface area (Å²) in [5.41, 5.74) is 0.961. The van der Waals surface area contributed by atoms with Crippen molar-refractivity contribution in [2.45, 2.75) is 25.7 Å². The molecule has 0 N–H and O–H groups in total. The van der Waals surface area contributed by atoms with Crippen molar-refractivity contribution in [1.29, 1.82) is 0 Å². The van der Waals surface area contributed by atoms with Gasteiger partial charge in [0.2, 0.25) is 0 Å². The van der Waals surface area contributed by atoms with Gasteiger partial charge in [-0.2, -0.15) is 8.42 Å². The molecule has 12 heteroatoms. The molecule has 3 heterocycles. The average Bonchev–Trinajstić information content (AvgIpc) is 3.41. The van der Waals surface area contributed by atoms with Crippen molar-refractivity contribution in [1.82, 2.24) is 9.88 Å². The highest BCUT2D eigenvalue weighted by Crippen LogP contribution is 2.49. The van der Waals surface area contributed by atoms with Crippen molar-refractivity contribution in [2.75, 3.05) is 11.4 Å². The molecule has 0 unspecified atom stereocenters. The van der Waals surface area contributed by atoms with E-state index in [1.54, 1.807) is 13.1 Å². The lowest BCUT2D eigenvalue weighted by Crippen LogP contribution is -2.30. The quantitative estimate of drug-likeness (QED) is 0.572. The van der Waals surface area contributed by atoms with Gasteiger partial charge in [-0.1, -0.05) is 11.8 Å². The highest BCUT2D eigenvalue weighted by Gasteiger charge is 2.40. The summed E-state index contributed by atoms with van der Waals surface area (Å²) < 4.78 is 42.6. The number of amidine groups is 1. The van der Waals surface area contributed by atoms with Crippen LogP contribution >= 0.6 is 34.9 Å². The zero-order valence-corrected chi connectivity index (χ0v) is 20.0. The van der Waals surface area contributed by atoms with Crippen LogP contribution in [-0.4, -0.2) is 35.9 Å². The zero-order chi connectivity index (χ0) is 22.3. The SMILES string of the molecule is CCN1C(=O)/C(=C2\SC(C)=C(C)N2c2nccs2)S/C1=N/S(=O)(=O)c1ccc(F)cc1. The molecule has 0 bridgehead atoms. The van der Waals surface area contributed by atoms with Crippen molar-refractivity contribution in [2.24, 2.45) is 4.40 Å². The first kappa shape index (κ1) is 22.1. The standard InChI is InChI=1S/C19H17FN4O3S4/c1-4-23-16(25)15(17-24(11(2)12(3)29-17)18-21-9-10-28-18)30-19(23)22-31(26,27)14-7-5-13(20)6-8-14/h5-10H,4H2,1-3H3/b17-15+,22-19+. The van der Waals surface area contributed by atoms with Gasteiger partial charge in [0.05, 0.1) is 4.90 Å². The Morgan fingerprint density at radius 3 is 2.48 bits per heavy atom. The van der Waals surface area contributed by atoms with E-state index in [0.717, 1.165) is 51.8 Å². The number of benzene rings is 1. The summed E-state index contributed by atoms with van der Waals surface area (Å²) >= 11 is 3.92. The van der Waals surface area contributed by atoms with E-state index in [1.807, 2.05) is 24.1 Å². The molecule has 2 aromatic rings. The number of thioether (sulfide) groups is 2. The summed E-state index contributed by atoms with van der Waals surface area (Å²) in [5, 5.41) is 3.34. The Kier molecular flexibility index (Phi) is 5.99. The predicted molar refractivity (Wildman–Crippen MR) is 124 cm³/mol. The highest BCUT2D eigenvalue weighted by atomic mass is 32.2. The van der Waals surface area contributed by atoms with Crippen LogP contribution in [-0.2, 0) is 14.8 Å². The normalized spacial score (nSPS) is 21.2. The number of likely N-dealkylation sites (N-methyl/N-ethyl adjacent to an activating group) is 1. The Labute approximate surface area is 191 Å². The summed E-state index contributed by atoms with van der Waals surface area (Å²) in [6.45, 7) is 5.92. The zero-order valence-electron chi connectivity index (χ0n) is 16.7. The molecule has 31 heavy (non-hydrogen) atoms. The number of anilines is 1. The molecule has 1 amide bonds. The molecule has 0 saturated carbocycles. The number of nitrogens with zero attached hydrogens (tertiary/aromatic N) is 4.